The highest BCUT2D eigenvalue weighted by Crippen LogP contribution is 2.36. The molecule has 0 unspecified atom stereocenters. The quantitative estimate of drug-likeness (QED) is 0.561. The van der Waals surface area contributed by atoms with E-state index in [2.05, 4.69) is 11.9 Å². The SMILES string of the molecule is C=CCO[C@H]1C[C@](OCc2cccc(C)c2)(C(=O)NCC2CC2)C[C@@H](O)[C@H]1O. The maximum absolute atomic E-state index is 13.1. The molecule has 1 aromatic rings. The smallest absolute Gasteiger partial charge is 0.252 e. The van der Waals surface area contributed by atoms with E-state index in [0.29, 0.717) is 12.5 Å². The molecule has 6 heteroatoms. The Balaban J connectivity index is 1.77. The normalized spacial score (nSPS) is 30.0. The Hall–Kier alpha value is -1.73. The summed E-state index contributed by atoms with van der Waals surface area (Å²) in [6.07, 6.45) is 1.18. The third-order valence-corrected chi connectivity index (χ3v) is 5.53. The number of benzene rings is 1. The molecule has 1 amide bonds. The van der Waals surface area contributed by atoms with Crippen LogP contribution in [0.25, 0.3) is 0 Å². The predicted molar refractivity (Wildman–Crippen MR) is 106 cm³/mol. The molecular formula is C22H31NO5. The minimum atomic E-state index is -1.25. The lowest BCUT2D eigenvalue weighted by atomic mass is 9.78. The molecule has 1 aromatic carbocycles. The molecule has 2 aliphatic rings. The molecular weight excluding hydrogens is 358 g/mol. The number of carbonyl (C=O) groups is 1. The number of ether oxygens (including phenoxy) is 2. The van der Waals surface area contributed by atoms with Crippen molar-refractivity contribution in [3.63, 3.8) is 0 Å². The number of aliphatic hydroxyl groups excluding tert-OH is 2. The van der Waals surface area contributed by atoms with Gasteiger partial charge in [-0.25, -0.2) is 0 Å². The molecule has 0 aromatic heterocycles. The number of rotatable bonds is 9. The van der Waals surface area contributed by atoms with Gasteiger partial charge in [0.2, 0.25) is 0 Å². The minimum Gasteiger partial charge on any atom is -0.390 e. The van der Waals surface area contributed by atoms with Crippen molar-refractivity contribution in [3.8, 4) is 0 Å². The first-order valence-corrected chi connectivity index (χ1v) is 10.00. The van der Waals surface area contributed by atoms with E-state index in [9.17, 15) is 15.0 Å². The lowest BCUT2D eigenvalue weighted by Gasteiger charge is -2.43. The Morgan fingerprint density at radius 2 is 2.14 bits per heavy atom. The summed E-state index contributed by atoms with van der Waals surface area (Å²) in [5.74, 6) is 0.287. The highest BCUT2D eigenvalue weighted by Gasteiger charge is 2.51. The molecule has 0 spiro atoms. The number of hydrogen-bond donors (Lipinski definition) is 3. The monoisotopic (exact) mass is 389 g/mol. The zero-order valence-electron chi connectivity index (χ0n) is 16.5. The molecule has 4 atom stereocenters. The van der Waals surface area contributed by atoms with E-state index in [1.807, 2.05) is 31.2 Å². The number of amides is 1. The number of hydrogen-bond acceptors (Lipinski definition) is 5. The van der Waals surface area contributed by atoms with Crippen molar-refractivity contribution in [1.82, 2.24) is 5.32 Å². The maximum atomic E-state index is 13.1. The summed E-state index contributed by atoms with van der Waals surface area (Å²) >= 11 is 0. The first-order valence-electron chi connectivity index (χ1n) is 10.00. The molecule has 28 heavy (non-hydrogen) atoms. The molecule has 0 heterocycles. The Morgan fingerprint density at radius 3 is 2.82 bits per heavy atom. The molecule has 2 fully saturated rings. The van der Waals surface area contributed by atoms with Crippen LogP contribution >= 0.6 is 0 Å². The molecule has 6 nitrogen and oxygen atoms in total. The van der Waals surface area contributed by atoms with Gasteiger partial charge >= 0.3 is 0 Å². The second-order valence-electron chi connectivity index (χ2n) is 8.05. The summed E-state index contributed by atoms with van der Waals surface area (Å²) < 4.78 is 11.8. The van der Waals surface area contributed by atoms with Crippen LogP contribution < -0.4 is 5.32 Å². The van der Waals surface area contributed by atoms with E-state index in [4.69, 9.17) is 9.47 Å². The molecule has 0 saturated heterocycles. The average molecular weight is 389 g/mol. The van der Waals surface area contributed by atoms with E-state index in [0.717, 1.165) is 24.0 Å². The zero-order chi connectivity index (χ0) is 20.1. The van der Waals surface area contributed by atoms with Gasteiger partial charge in [0.15, 0.2) is 5.60 Å². The number of carbonyl (C=O) groups excluding carboxylic acids is 1. The van der Waals surface area contributed by atoms with Gasteiger partial charge in [-0.15, -0.1) is 6.58 Å². The van der Waals surface area contributed by atoms with Gasteiger partial charge in [0.05, 0.1) is 25.4 Å². The molecule has 154 valence electrons. The van der Waals surface area contributed by atoms with Gasteiger partial charge in [0.25, 0.3) is 5.91 Å². The lowest BCUT2D eigenvalue weighted by Crippen LogP contribution is -2.60. The summed E-state index contributed by atoms with van der Waals surface area (Å²) in [6.45, 7) is 6.71. The molecule has 2 aliphatic carbocycles. The second kappa shape index (κ2) is 9.18. The summed E-state index contributed by atoms with van der Waals surface area (Å²) in [5.41, 5.74) is 0.821. The van der Waals surface area contributed by atoms with Crippen molar-refractivity contribution in [2.75, 3.05) is 13.2 Å². The zero-order valence-corrected chi connectivity index (χ0v) is 16.5. The van der Waals surface area contributed by atoms with E-state index >= 15 is 0 Å². The highest BCUT2D eigenvalue weighted by molar-refractivity contribution is 5.85. The Bertz CT molecular complexity index is 689. The molecule has 2 saturated carbocycles. The first kappa shape index (κ1) is 21.0. The number of nitrogens with one attached hydrogen (secondary N) is 1. The van der Waals surface area contributed by atoms with Crippen LogP contribution in [0.15, 0.2) is 36.9 Å². The van der Waals surface area contributed by atoms with Crippen molar-refractivity contribution in [1.29, 1.82) is 0 Å². The summed E-state index contributed by atoms with van der Waals surface area (Å²) in [6, 6.07) is 7.91. The van der Waals surface area contributed by atoms with Crippen molar-refractivity contribution < 1.29 is 24.5 Å². The molecule has 3 N–H and O–H groups in total. The number of aryl methyl sites for hydroxylation is 1. The van der Waals surface area contributed by atoms with Crippen molar-refractivity contribution in [2.24, 2.45) is 5.92 Å². The Kier molecular flexibility index (Phi) is 6.88. The largest absolute Gasteiger partial charge is 0.390 e. The topological polar surface area (TPSA) is 88.0 Å². The summed E-state index contributed by atoms with van der Waals surface area (Å²) in [5, 5.41) is 23.8. The Morgan fingerprint density at radius 1 is 1.36 bits per heavy atom. The van der Waals surface area contributed by atoms with Crippen molar-refractivity contribution in [3.05, 3.63) is 48.0 Å². The van der Waals surface area contributed by atoms with Crippen molar-refractivity contribution in [2.45, 2.75) is 63.1 Å². The third kappa shape index (κ3) is 5.20. The van der Waals surface area contributed by atoms with Crippen LogP contribution in [0.2, 0.25) is 0 Å². The van der Waals surface area contributed by atoms with Crippen LogP contribution in [-0.4, -0.2) is 53.2 Å². The predicted octanol–water partition coefficient (Wildman–Crippen LogP) is 1.86. The lowest BCUT2D eigenvalue weighted by molar-refractivity contribution is -0.196. The summed E-state index contributed by atoms with van der Waals surface area (Å²) in [7, 11) is 0. The minimum absolute atomic E-state index is 0.0322. The van der Waals surface area contributed by atoms with E-state index in [1.54, 1.807) is 6.08 Å². The van der Waals surface area contributed by atoms with E-state index in [-0.39, 0.29) is 32.0 Å². The van der Waals surface area contributed by atoms with Gasteiger partial charge in [0.1, 0.15) is 6.10 Å². The van der Waals surface area contributed by atoms with Gasteiger partial charge in [0, 0.05) is 19.4 Å². The molecule has 0 aliphatic heterocycles. The maximum Gasteiger partial charge on any atom is 0.252 e. The highest BCUT2D eigenvalue weighted by atomic mass is 16.5. The van der Waals surface area contributed by atoms with Crippen LogP contribution in [0.1, 0.15) is 36.8 Å². The molecule has 0 radical (unpaired) electrons. The summed E-state index contributed by atoms with van der Waals surface area (Å²) in [4.78, 5) is 13.1. The van der Waals surface area contributed by atoms with E-state index in [1.165, 1.54) is 0 Å². The van der Waals surface area contributed by atoms with Gasteiger partial charge in [-0.2, -0.15) is 0 Å². The fourth-order valence-corrected chi connectivity index (χ4v) is 3.70. The van der Waals surface area contributed by atoms with E-state index < -0.39 is 23.9 Å². The average Bonchev–Trinajstić information content (AvgIpc) is 3.50. The van der Waals surface area contributed by atoms with Gasteiger partial charge in [-0.3, -0.25) is 4.79 Å². The second-order valence-corrected chi connectivity index (χ2v) is 8.05. The third-order valence-electron chi connectivity index (χ3n) is 5.53. The van der Waals surface area contributed by atoms with Crippen LogP contribution in [0.5, 0.6) is 0 Å². The van der Waals surface area contributed by atoms with Crippen LogP contribution in [0, 0.1) is 12.8 Å². The van der Waals surface area contributed by atoms with Gasteiger partial charge in [-0.05, 0) is 31.2 Å². The molecule has 0 bridgehead atoms. The first-order chi connectivity index (χ1) is 13.4. The van der Waals surface area contributed by atoms with Gasteiger partial charge < -0.3 is 25.0 Å². The number of aliphatic hydroxyl groups is 2. The van der Waals surface area contributed by atoms with Crippen molar-refractivity contribution >= 4 is 5.91 Å². The Labute approximate surface area is 166 Å². The van der Waals surface area contributed by atoms with Crippen LogP contribution in [0.3, 0.4) is 0 Å². The van der Waals surface area contributed by atoms with Crippen LogP contribution in [0.4, 0.5) is 0 Å². The van der Waals surface area contributed by atoms with Crippen LogP contribution in [-0.2, 0) is 20.9 Å². The molecule has 3 rings (SSSR count). The van der Waals surface area contributed by atoms with Gasteiger partial charge in [-0.1, -0.05) is 35.9 Å². The standard InChI is InChI=1S/C22H31NO5/c1-3-9-27-19-12-22(11-18(24)20(19)25,21(26)23-13-16-7-8-16)28-14-17-6-4-5-15(2)10-17/h3-6,10,16,18-20,24-25H,1,7-9,11-14H2,2H3,(H,23,26)/t18-,19+,20-,22+/m1/s1. The fraction of sp³-hybridized carbons (Fsp3) is 0.591. The fourth-order valence-electron chi connectivity index (χ4n) is 3.70.